The van der Waals surface area contributed by atoms with Crippen molar-refractivity contribution in [2.24, 2.45) is 4.99 Å². The molecule has 1 aromatic rings. The molecular weight excluding hydrogens is 236 g/mol. The van der Waals surface area contributed by atoms with Gasteiger partial charge in [-0.1, -0.05) is 11.8 Å². The van der Waals surface area contributed by atoms with E-state index in [0.29, 0.717) is 6.61 Å². The average molecular weight is 254 g/mol. The summed E-state index contributed by atoms with van der Waals surface area (Å²) in [5.74, 6) is 2.55. The van der Waals surface area contributed by atoms with Crippen LogP contribution in [0.3, 0.4) is 0 Å². The van der Waals surface area contributed by atoms with Crippen LogP contribution in [0.15, 0.2) is 29.3 Å². The molecule has 4 nitrogen and oxygen atoms in total. The molecule has 0 atom stereocenters. The maximum atomic E-state index is 5.59. The van der Waals surface area contributed by atoms with E-state index >= 15 is 0 Å². The summed E-state index contributed by atoms with van der Waals surface area (Å²) >= 11 is 1.64. The predicted octanol–water partition coefficient (Wildman–Crippen LogP) is 2.01. The maximum absolute atomic E-state index is 5.59. The number of hydrogen-bond acceptors (Lipinski definition) is 4. The second-order valence-corrected chi connectivity index (χ2v) is 4.23. The van der Waals surface area contributed by atoms with Crippen LogP contribution in [0.4, 0.5) is 0 Å². The van der Waals surface area contributed by atoms with Crippen LogP contribution in [0.5, 0.6) is 11.5 Å². The lowest BCUT2D eigenvalue weighted by Crippen LogP contribution is -2.15. The van der Waals surface area contributed by atoms with Gasteiger partial charge in [-0.25, -0.2) is 0 Å². The summed E-state index contributed by atoms with van der Waals surface area (Å²) in [4.78, 5) is 4.07. The molecule has 0 amide bonds. The van der Waals surface area contributed by atoms with Crippen LogP contribution >= 0.6 is 11.8 Å². The normalized spacial score (nSPS) is 11.1. The zero-order valence-electron chi connectivity index (χ0n) is 10.4. The molecule has 0 spiro atoms. The molecule has 0 heterocycles. The summed E-state index contributed by atoms with van der Waals surface area (Å²) in [6, 6.07) is 7.57. The minimum absolute atomic E-state index is 0.650. The van der Waals surface area contributed by atoms with Gasteiger partial charge in [-0.2, -0.15) is 0 Å². The van der Waals surface area contributed by atoms with Crippen molar-refractivity contribution in [1.82, 2.24) is 5.32 Å². The van der Waals surface area contributed by atoms with Crippen molar-refractivity contribution in [3.63, 3.8) is 0 Å². The number of nitrogens with zero attached hydrogens (tertiary/aromatic N) is 1. The molecule has 0 aliphatic rings. The Bertz CT molecular complexity index is 352. The number of amidine groups is 1. The summed E-state index contributed by atoms with van der Waals surface area (Å²) in [7, 11) is 5.28. The van der Waals surface area contributed by atoms with E-state index in [1.165, 1.54) is 0 Å². The maximum Gasteiger partial charge on any atom is 0.156 e. The molecule has 0 aliphatic carbocycles. The van der Waals surface area contributed by atoms with E-state index in [1.807, 2.05) is 31.3 Å². The highest BCUT2D eigenvalue weighted by molar-refractivity contribution is 8.13. The number of hydrogen-bond donors (Lipinski definition) is 1. The lowest BCUT2D eigenvalue weighted by atomic mass is 10.3. The fourth-order valence-electron chi connectivity index (χ4n) is 1.22. The van der Waals surface area contributed by atoms with E-state index in [9.17, 15) is 0 Å². The molecule has 1 N–H and O–H groups in total. The van der Waals surface area contributed by atoms with Crippen LogP contribution in [0.2, 0.25) is 0 Å². The number of thioether (sulfide) groups is 1. The Hall–Kier alpha value is -1.36. The average Bonchev–Trinajstić information content (AvgIpc) is 2.40. The van der Waals surface area contributed by atoms with Gasteiger partial charge in [0.1, 0.15) is 11.5 Å². The molecule has 0 aliphatic heterocycles. The Morgan fingerprint density at radius 1 is 1.29 bits per heavy atom. The van der Waals surface area contributed by atoms with Gasteiger partial charge in [-0.15, -0.1) is 0 Å². The second kappa shape index (κ2) is 7.84. The van der Waals surface area contributed by atoms with Gasteiger partial charge in [-0.05, 0) is 24.3 Å². The Kier molecular flexibility index (Phi) is 6.32. The number of rotatable bonds is 5. The summed E-state index contributed by atoms with van der Waals surface area (Å²) in [5.41, 5.74) is 0. The molecule has 1 aromatic carbocycles. The molecule has 0 fully saturated rings. The Morgan fingerprint density at radius 2 is 1.94 bits per heavy atom. The molecule has 0 unspecified atom stereocenters. The van der Waals surface area contributed by atoms with Gasteiger partial charge >= 0.3 is 0 Å². The van der Waals surface area contributed by atoms with Gasteiger partial charge < -0.3 is 14.8 Å². The molecule has 94 valence electrons. The molecule has 5 heteroatoms. The van der Waals surface area contributed by atoms with Gasteiger partial charge in [0, 0.05) is 19.8 Å². The van der Waals surface area contributed by atoms with Crippen LogP contribution in [0, 0.1) is 0 Å². The predicted molar refractivity (Wildman–Crippen MR) is 73.4 cm³/mol. The van der Waals surface area contributed by atoms with Crippen LogP contribution < -0.4 is 14.8 Å². The van der Waals surface area contributed by atoms with Gasteiger partial charge in [0.05, 0.1) is 13.7 Å². The van der Waals surface area contributed by atoms with Gasteiger partial charge in [-0.3, -0.25) is 4.99 Å². The van der Waals surface area contributed by atoms with Crippen molar-refractivity contribution in [3.8, 4) is 11.5 Å². The van der Waals surface area contributed by atoms with Gasteiger partial charge in [0.15, 0.2) is 5.17 Å². The first kappa shape index (κ1) is 13.7. The van der Waals surface area contributed by atoms with Crippen molar-refractivity contribution in [2.45, 2.75) is 0 Å². The minimum Gasteiger partial charge on any atom is -0.497 e. The van der Waals surface area contributed by atoms with E-state index in [4.69, 9.17) is 9.47 Å². The Balaban J connectivity index is 2.26. The molecular formula is C12H18N2O2S. The van der Waals surface area contributed by atoms with E-state index in [2.05, 4.69) is 10.3 Å². The summed E-state index contributed by atoms with van der Waals surface area (Å²) < 4.78 is 10.7. The lowest BCUT2D eigenvalue weighted by Gasteiger charge is -2.07. The number of aliphatic imine (C=N–C) groups is 1. The molecule has 0 saturated carbocycles. The third-order valence-electron chi connectivity index (χ3n) is 2.07. The fraction of sp³-hybridized carbons (Fsp3) is 0.417. The number of benzene rings is 1. The summed E-state index contributed by atoms with van der Waals surface area (Å²) in [5, 5.41) is 3.93. The van der Waals surface area contributed by atoms with Crippen molar-refractivity contribution in [1.29, 1.82) is 0 Å². The van der Waals surface area contributed by atoms with E-state index in [1.54, 1.807) is 25.9 Å². The summed E-state index contributed by atoms with van der Waals surface area (Å²) in [6.45, 7) is 0.650. The Labute approximate surface area is 106 Å². The standard InChI is InChI=1S/C12H18N2O2S/c1-13-12(14-2)17-9-8-16-11-6-4-10(15-3)5-7-11/h4-7H,8-9H2,1-3H3,(H,13,14). The summed E-state index contributed by atoms with van der Waals surface area (Å²) in [6.07, 6.45) is 0. The van der Waals surface area contributed by atoms with Crippen LogP contribution in [0.1, 0.15) is 0 Å². The van der Waals surface area contributed by atoms with Crippen molar-refractivity contribution < 1.29 is 9.47 Å². The van der Waals surface area contributed by atoms with Crippen LogP contribution in [-0.4, -0.2) is 38.7 Å². The zero-order valence-corrected chi connectivity index (χ0v) is 11.2. The number of methoxy groups -OCH3 is 1. The quantitative estimate of drug-likeness (QED) is 0.496. The van der Waals surface area contributed by atoms with E-state index < -0.39 is 0 Å². The first-order valence-corrected chi connectivity index (χ1v) is 6.33. The third kappa shape index (κ3) is 4.99. The molecule has 17 heavy (non-hydrogen) atoms. The molecule has 0 saturated heterocycles. The lowest BCUT2D eigenvalue weighted by molar-refractivity contribution is 0.343. The smallest absolute Gasteiger partial charge is 0.156 e. The SMILES string of the molecule is CN=C(NC)SCCOc1ccc(OC)cc1. The first-order valence-electron chi connectivity index (χ1n) is 5.34. The first-order chi connectivity index (χ1) is 8.30. The van der Waals surface area contributed by atoms with E-state index in [-0.39, 0.29) is 0 Å². The monoisotopic (exact) mass is 254 g/mol. The highest BCUT2D eigenvalue weighted by Gasteiger charge is 1.98. The highest BCUT2D eigenvalue weighted by Crippen LogP contribution is 2.17. The third-order valence-corrected chi connectivity index (χ3v) is 3.10. The van der Waals surface area contributed by atoms with Crippen LogP contribution in [-0.2, 0) is 0 Å². The molecule has 1 rings (SSSR count). The highest BCUT2D eigenvalue weighted by atomic mass is 32.2. The van der Waals surface area contributed by atoms with Crippen molar-refractivity contribution in [2.75, 3.05) is 33.6 Å². The van der Waals surface area contributed by atoms with Crippen molar-refractivity contribution >= 4 is 16.9 Å². The molecule has 0 radical (unpaired) electrons. The topological polar surface area (TPSA) is 42.9 Å². The van der Waals surface area contributed by atoms with Crippen molar-refractivity contribution in [3.05, 3.63) is 24.3 Å². The Morgan fingerprint density at radius 3 is 2.47 bits per heavy atom. The zero-order chi connectivity index (χ0) is 12.5. The largest absolute Gasteiger partial charge is 0.497 e. The van der Waals surface area contributed by atoms with E-state index in [0.717, 1.165) is 22.4 Å². The van der Waals surface area contributed by atoms with Gasteiger partial charge in [0.25, 0.3) is 0 Å². The number of ether oxygens (including phenoxy) is 2. The van der Waals surface area contributed by atoms with Gasteiger partial charge in [0.2, 0.25) is 0 Å². The van der Waals surface area contributed by atoms with Crippen LogP contribution in [0.25, 0.3) is 0 Å². The fourth-order valence-corrected chi connectivity index (χ4v) is 1.85. The number of nitrogens with one attached hydrogen (secondary N) is 1. The second-order valence-electron chi connectivity index (χ2n) is 3.15. The molecule has 0 bridgehead atoms. The molecule has 0 aromatic heterocycles. The minimum atomic E-state index is 0.650.